The fraction of sp³-hybridized carbons (Fsp3) is 0.312. The number of ether oxygens (including phenoxy) is 5. The molecule has 1 aliphatic rings. The summed E-state index contributed by atoms with van der Waals surface area (Å²) in [4.78, 5) is 35.8. The summed E-state index contributed by atoms with van der Waals surface area (Å²) in [6.45, 7) is 2.13. The number of halogens is 2. The number of hydrogen-bond donors (Lipinski definition) is 1. The molecule has 1 N–H and O–H groups in total. The van der Waals surface area contributed by atoms with Gasteiger partial charge in [0.15, 0.2) is 23.0 Å². The molecule has 0 saturated carbocycles. The average Bonchev–Trinajstić information content (AvgIpc) is 3.54. The van der Waals surface area contributed by atoms with E-state index in [-0.39, 0.29) is 25.7 Å². The number of fused-ring (bicyclic) bond motifs is 2. The Balaban J connectivity index is 1.50. The molecule has 0 bridgehead atoms. The zero-order chi connectivity index (χ0) is 31.8. The standard InChI is InChI=1S/C32H32BrClN4O7/c1-20(39)45-27-14-23-25(15-26(27)41-2)35-18-36-31(23)37-28-22(13-24(33)29-30(28)44-19-43-29)16-38(12-8-4-7-11-34)32(40)42-17-21-9-5-3-6-10-21/h3,5-6,9-10,13-15,18H,4,7-8,11-12,16-17,19H2,1-2H3,(H,35,36,37). The summed E-state index contributed by atoms with van der Waals surface area (Å²) >= 11 is 9.50. The molecule has 0 radical (unpaired) electrons. The third-order valence-corrected chi connectivity index (χ3v) is 7.84. The van der Waals surface area contributed by atoms with Crippen LogP contribution in [0.1, 0.15) is 37.3 Å². The van der Waals surface area contributed by atoms with Crippen LogP contribution in [0.3, 0.4) is 0 Å². The topological polar surface area (TPSA) is 121 Å². The molecule has 0 spiro atoms. The van der Waals surface area contributed by atoms with Crippen molar-refractivity contribution in [1.29, 1.82) is 0 Å². The number of esters is 1. The smallest absolute Gasteiger partial charge is 0.410 e. The highest BCUT2D eigenvalue weighted by Gasteiger charge is 2.28. The highest BCUT2D eigenvalue weighted by molar-refractivity contribution is 9.10. The Morgan fingerprint density at radius 2 is 1.84 bits per heavy atom. The predicted molar refractivity (Wildman–Crippen MR) is 173 cm³/mol. The molecule has 4 aromatic rings. The molecule has 1 aliphatic heterocycles. The summed E-state index contributed by atoms with van der Waals surface area (Å²) in [5.41, 5.74) is 2.72. The maximum Gasteiger partial charge on any atom is 0.410 e. The Hall–Kier alpha value is -4.29. The number of anilines is 2. The van der Waals surface area contributed by atoms with E-state index >= 15 is 0 Å². The van der Waals surface area contributed by atoms with E-state index in [1.165, 1.54) is 20.4 Å². The van der Waals surface area contributed by atoms with Crippen molar-refractivity contribution in [2.45, 2.75) is 39.3 Å². The maximum absolute atomic E-state index is 13.4. The molecule has 0 aliphatic carbocycles. The molecule has 11 nitrogen and oxygen atoms in total. The van der Waals surface area contributed by atoms with Crippen molar-refractivity contribution in [3.05, 3.63) is 70.5 Å². The molecule has 13 heteroatoms. The minimum atomic E-state index is -0.497. The lowest BCUT2D eigenvalue weighted by Crippen LogP contribution is -2.32. The third kappa shape index (κ3) is 7.87. The minimum Gasteiger partial charge on any atom is -0.493 e. The molecule has 0 saturated heterocycles. The molecule has 45 heavy (non-hydrogen) atoms. The maximum atomic E-state index is 13.4. The lowest BCUT2D eigenvalue weighted by atomic mass is 10.1. The van der Waals surface area contributed by atoms with E-state index in [4.69, 9.17) is 35.3 Å². The fourth-order valence-electron chi connectivity index (χ4n) is 4.84. The van der Waals surface area contributed by atoms with Gasteiger partial charge in [0.25, 0.3) is 0 Å². The van der Waals surface area contributed by atoms with Crippen molar-refractivity contribution in [3.8, 4) is 23.0 Å². The van der Waals surface area contributed by atoms with Crippen LogP contribution in [0.2, 0.25) is 0 Å². The SMILES string of the molecule is COc1cc2ncnc(Nc3c(CN(CCCCCCl)C(=O)OCc4ccccc4)cc(Br)c4c3OCO4)c2cc1OC(C)=O. The van der Waals surface area contributed by atoms with Crippen LogP contribution in [-0.4, -0.2) is 53.3 Å². The second kappa shape index (κ2) is 15.1. The van der Waals surface area contributed by atoms with Crippen molar-refractivity contribution in [1.82, 2.24) is 14.9 Å². The zero-order valence-corrected chi connectivity index (χ0v) is 27.2. The summed E-state index contributed by atoms with van der Waals surface area (Å²) in [5.74, 6) is 2.02. The van der Waals surface area contributed by atoms with Crippen LogP contribution in [0.5, 0.6) is 23.0 Å². The number of unbranched alkanes of at least 4 members (excludes halogenated alkanes) is 2. The van der Waals surface area contributed by atoms with Crippen LogP contribution >= 0.6 is 27.5 Å². The Labute approximate surface area is 273 Å². The zero-order valence-electron chi connectivity index (χ0n) is 24.8. The van der Waals surface area contributed by atoms with Gasteiger partial charge in [-0.25, -0.2) is 14.8 Å². The highest BCUT2D eigenvalue weighted by Crippen LogP contribution is 2.48. The molecule has 0 unspecified atom stereocenters. The third-order valence-electron chi connectivity index (χ3n) is 6.98. The Bertz CT molecular complexity index is 1680. The van der Waals surface area contributed by atoms with Gasteiger partial charge in [0.2, 0.25) is 6.79 Å². The Morgan fingerprint density at radius 3 is 2.60 bits per heavy atom. The van der Waals surface area contributed by atoms with Crippen molar-refractivity contribution < 1.29 is 33.3 Å². The Kier molecular flexibility index (Phi) is 10.8. The van der Waals surface area contributed by atoms with Crippen molar-refractivity contribution in [2.24, 2.45) is 0 Å². The van der Waals surface area contributed by atoms with E-state index in [1.54, 1.807) is 17.0 Å². The number of benzene rings is 3. The van der Waals surface area contributed by atoms with Gasteiger partial charge in [0.1, 0.15) is 18.8 Å². The minimum absolute atomic E-state index is 0.0195. The monoisotopic (exact) mass is 698 g/mol. The number of hydrogen-bond acceptors (Lipinski definition) is 10. The van der Waals surface area contributed by atoms with Gasteiger partial charge in [-0.2, -0.15) is 0 Å². The molecule has 3 aromatic carbocycles. The summed E-state index contributed by atoms with van der Waals surface area (Å²) < 4.78 is 28.8. The number of methoxy groups -OCH3 is 1. The molecule has 1 aromatic heterocycles. The predicted octanol–water partition coefficient (Wildman–Crippen LogP) is 7.35. The Morgan fingerprint density at radius 1 is 1.04 bits per heavy atom. The number of nitrogens with one attached hydrogen (secondary N) is 1. The normalized spacial score (nSPS) is 11.7. The molecule has 2 heterocycles. The second-order valence-corrected chi connectivity index (χ2v) is 11.4. The van der Waals surface area contributed by atoms with Crippen molar-refractivity contribution in [2.75, 3.05) is 31.6 Å². The quantitative estimate of drug-likeness (QED) is 0.0656. The van der Waals surface area contributed by atoms with Crippen LogP contribution in [0, 0.1) is 0 Å². The van der Waals surface area contributed by atoms with E-state index in [0.29, 0.717) is 56.6 Å². The number of alkyl halides is 1. The van der Waals surface area contributed by atoms with Crippen molar-refractivity contribution in [3.63, 3.8) is 0 Å². The van der Waals surface area contributed by atoms with Gasteiger partial charge in [-0.3, -0.25) is 4.79 Å². The number of carbonyl (C=O) groups excluding carboxylic acids is 2. The number of amides is 1. The van der Waals surface area contributed by atoms with Gasteiger partial charge in [-0.15, -0.1) is 11.6 Å². The first-order valence-corrected chi connectivity index (χ1v) is 15.6. The van der Waals surface area contributed by atoms with E-state index in [0.717, 1.165) is 30.4 Å². The molecule has 5 rings (SSSR count). The summed E-state index contributed by atoms with van der Waals surface area (Å²) in [6, 6.07) is 14.7. The molecule has 236 valence electrons. The van der Waals surface area contributed by atoms with Gasteiger partial charge in [0.05, 0.1) is 29.3 Å². The second-order valence-electron chi connectivity index (χ2n) is 10.1. The van der Waals surface area contributed by atoms with Crippen LogP contribution in [0.15, 0.2) is 59.3 Å². The first-order valence-electron chi connectivity index (χ1n) is 14.3. The van der Waals surface area contributed by atoms with E-state index in [9.17, 15) is 9.59 Å². The van der Waals surface area contributed by atoms with Crippen LogP contribution in [-0.2, 0) is 22.7 Å². The summed E-state index contributed by atoms with van der Waals surface area (Å²) in [6.07, 6.45) is 3.42. The molecular weight excluding hydrogens is 668 g/mol. The van der Waals surface area contributed by atoms with Gasteiger partial charge >= 0.3 is 12.1 Å². The first kappa shape index (κ1) is 32.1. The van der Waals surface area contributed by atoms with Gasteiger partial charge < -0.3 is 33.9 Å². The lowest BCUT2D eigenvalue weighted by Gasteiger charge is -2.25. The van der Waals surface area contributed by atoms with Gasteiger partial charge in [-0.05, 0) is 46.5 Å². The van der Waals surface area contributed by atoms with Crippen LogP contribution in [0.25, 0.3) is 10.9 Å². The van der Waals surface area contributed by atoms with Crippen LogP contribution < -0.4 is 24.3 Å². The molecule has 1 amide bonds. The van der Waals surface area contributed by atoms with E-state index in [1.807, 2.05) is 36.4 Å². The number of carbonyl (C=O) groups is 2. The highest BCUT2D eigenvalue weighted by atomic mass is 79.9. The van der Waals surface area contributed by atoms with Crippen LogP contribution in [0.4, 0.5) is 16.3 Å². The number of aromatic nitrogens is 2. The lowest BCUT2D eigenvalue weighted by molar-refractivity contribution is -0.132. The molecular formula is C32H32BrClN4O7. The van der Waals surface area contributed by atoms with E-state index in [2.05, 4.69) is 31.2 Å². The average molecular weight is 700 g/mol. The van der Waals surface area contributed by atoms with Gasteiger partial charge in [-0.1, -0.05) is 36.8 Å². The van der Waals surface area contributed by atoms with Gasteiger partial charge in [0, 0.05) is 36.4 Å². The molecule has 0 atom stereocenters. The largest absolute Gasteiger partial charge is 0.493 e. The first-order chi connectivity index (χ1) is 21.9. The number of rotatable bonds is 13. The summed E-state index contributed by atoms with van der Waals surface area (Å²) in [5, 5.41) is 3.95. The van der Waals surface area contributed by atoms with Crippen molar-refractivity contribution >= 4 is 62.0 Å². The number of nitrogens with zero attached hydrogens (tertiary/aromatic N) is 3. The fourth-order valence-corrected chi connectivity index (χ4v) is 5.60. The van der Waals surface area contributed by atoms with E-state index < -0.39 is 12.1 Å². The summed E-state index contributed by atoms with van der Waals surface area (Å²) in [7, 11) is 1.48. The molecule has 0 fully saturated rings.